The minimum Gasteiger partial charge on any atom is -0.507 e. The highest BCUT2D eigenvalue weighted by Crippen LogP contribution is 2.36. The maximum absolute atomic E-state index is 12.7. The Hall–Kier alpha value is -2.59. The second-order valence-electron chi connectivity index (χ2n) is 5.84. The van der Waals surface area contributed by atoms with Crippen LogP contribution in [-0.4, -0.2) is 40.3 Å². The lowest BCUT2D eigenvalue weighted by molar-refractivity contribution is 0.0597. The summed E-state index contributed by atoms with van der Waals surface area (Å²) < 4.78 is 37.2. The van der Waals surface area contributed by atoms with Crippen molar-refractivity contribution >= 4 is 50.2 Å². The Morgan fingerprint density at radius 2 is 2.03 bits per heavy atom. The Balaban J connectivity index is 2.21. The third-order valence-electron chi connectivity index (χ3n) is 3.68. The van der Waals surface area contributed by atoms with E-state index in [1.165, 1.54) is 25.3 Å². The molecule has 1 heterocycles. The second kappa shape index (κ2) is 10.4. The van der Waals surface area contributed by atoms with E-state index in [2.05, 4.69) is 16.0 Å². The number of hydrogen-bond acceptors (Lipinski definition) is 7. The Bertz CT molecular complexity index is 1100. The lowest BCUT2D eigenvalue weighted by Gasteiger charge is -2.08. The molecule has 0 bridgehead atoms. The van der Waals surface area contributed by atoms with Crippen LogP contribution in [0.2, 0.25) is 5.02 Å². The SMILES string of the molecule is C=C(/C=C\C=C/COC)c1sc(S(=O)(=O)Nc2ccc(C(=O)OC)c(O)c2)cc1Cl. The van der Waals surface area contributed by atoms with Gasteiger partial charge in [0.2, 0.25) is 0 Å². The van der Waals surface area contributed by atoms with Crippen molar-refractivity contribution in [1.29, 1.82) is 0 Å². The average molecular weight is 470 g/mol. The molecule has 10 heteroatoms. The molecule has 0 saturated carbocycles. The van der Waals surface area contributed by atoms with Gasteiger partial charge in [0.05, 0.1) is 29.3 Å². The van der Waals surface area contributed by atoms with Crippen molar-refractivity contribution in [2.24, 2.45) is 0 Å². The van der Waals surface area contributed by atoms with Crippen LogP contribution in [0.15, 0.2) is 59.4 Å². The average Bonchev–Trinajstić information content (AvgIpc) is 3.09. The fourth-order valence-corrected chi connectivity index (χ4v) is 5.09. The molecule has 0 unspecified atom stereocenters. The molecule has 30 heavy (non-hydrogen) atoms. The van der Waals surface area contributed by atoms with Crippen molar-refractivity contribution in [2.45, 2.75) is 4.21 Å². The number of esters is 1. The molecule has 7 nitrogen and oxygen atoms in total. The summed E-state index contributed by atoms with van der Waals surface area (Å²) in [6, 6.07) is 5.05. The van der Waals surface area contributed by atoms with Gasteiger partial charge >= 0.3 is 5.97 Å². The number of rotatable bonds is 9. The zero-order chi connectivity index (χ0) is 22.3. The van der Waals surface area contributed by atoms with Gasteiger partial charge in [0.25, 0.3) is 10.0 Å². The van der Waals surface area contributed by atoms with Gasteiger partial charge in [-0.2, -0.15) is 0 Å². The van der Waals surface area contributed by atoms with E-state index < -0.39 is 21.7 Å². The van der Waals surface area contributed by atoms with Gasteiger partial charge in [0.1, 0.15) is 15.5 Å². The zero-order valence-corrected chi connectivity index (χ0v) is 18.6. The van der Waals surface area contributed by atoms with Crippen LogP contribution < -0.4 is 4.72 Å². The van der Waals surface area contributed by atoms with Crippen molar-refractivity contribution in [1.82, 2.24) is 0 Å². The van der Waals surface area contributed by atoms with E-state index in [9.17, 15) is 18.3 Å². The molecule has 2 aromatic rings. The number of allylic oxidation sites excluding steroid dienone is 4. The molecule has 0 atom stereocenters. The number of halogens is 1. The van der Waals surface area contributed by atoms with E-state index in [1.54, 1.807) is 31.4 Å². The number of benzene rings is 1. The first kappa shape index (κ1) is 23.7. The van der Waals surface area contributed by atoms with Crippen LogP contribution in [0.3, 0.4) is 0 Å². The van der Waals surface area contributed by atoms with Crippen molar-refractivity contribution in [3.05, 3.63) is 70.6 Å². The van der Waals surface area contributed by atoms with E-state index in [0.717, 1.165) is 17.4 Å². The minimum atomic E-state index is -3.98. The lowest BCUT2D eigenvalue weighted by atomic mass is 10.2. The predicted molar refractivity (Wildman–Crippen MR) is 119 cm³/mol. The molecule has 0 fully saturated rings. The molecule has 160 valence electrons. The van der Waals surface area contributed by atoms with Crippen molar-refractivity contribution in [3.63, 3.8) is 0 Å². The highest BCUT2D eigenvalue weighted by Gasteiger charge is 2.21. The van der Waals surface area contributed by atoms with Gasteiger partial charge < -0.3 is 14.6 Å². The summed E-state index contributed by atoms with van der Waals surface area (Å²) in [5.41, 5.74) is 0.548. The van der Waals surface area contributed by atoms with Crippen LogP contribution >= 0.6 is 22.9 Å². The summed E-state index contributed by atoms with van der Waals surface area (Å²) in [7, 11) is -1.21. The lowest BCUT2D eigenvalue weighted by Crippen LogP contribution is -2.11. The molecule has 0 aliphatic rings. The van der Waals surface area contributed by atoms with Gasteiger partial charge in [-0.15, -0.1) is 11.3 Å². The van der Waals surface area contributed by atoms with Gasteiger partial charge in [-0.05, 0) is 23.8 Å². The molecule has 0 amide bonds. The molecule has 0 spiro atoms. The molecule has 0 saturated heterocycles. The third-order valence-corrected chi connectivity index (χ3v) is 7.16. The third kappa shape index (κ3) is 5.96. The maximum atomic E-state index is 12.7. The van der Waals surface area contributed by atoms with Crippen LogP contribution in [-0.2, 0) is 19.5 Å². The number of thiophene rings is 1. The number of carbonyl (C=O) groups is 1. The van der Waals surface area contributed by atoms with Crippen LogP contribution in [0.1, 0.15) is 15.2 Å². The van der Waals surface area contributed by atoms with E-state index in [-0.39, 0.29) is 20.5 Å². The first-order valence-electron chi connectivity index (χ1n) is 8.44. The largest absolute Gasteiger partial charge is 0.507 e. The van der Waals surface area contributed by atoms with Gasteiger partial charge in [-0.25, -0.2) is 13.2 Å². The van der Waals surface area contributed by atoms with Crippen LogP contribution in [0.5, 0.6) is 5.75 Å². The van der Waals surface area contributed by atoms with Crippen LogP contribution in [0.25, 0.3) is 5.57 Å². The standard InChI is InChI=1S/C20H20ClNO6S2/c1-13(7-5-4-6-10-27-2)19-16(21)12-18(29-19)30(25,26)22-14-8-9-15(17(23)11-14)20(24)28-3/h4-9,11-12,22-23H,1,10H2,2-3H3/b6-4-,7-5-. The fraction of sp³-hybridized carbons (Fsp3) is 0.150. The number of hydrogen-bond donors (Lipinski definition) is 2. The predicted octanol–water partition coefficient (Wildman–Crippen LogP) is 4.47. The molecule has 0 radical (unpaired) electrons. The number of ether oxygens (including phenoxy) is 2. The molecule has 1 aromatic heterocycles. The highest BCUT2D eigenvalue weighted by molar-refractivity contribution is 7.94. The van der Waals surface area contributed by atoms with Gasteiger partial charge in [0.15, 0.2) is 0 Å². The number of carbonyl (C=O) groups excluding carboxylic acids is 1. The molecule has 0 aliphatic heterocycles. The molecular weight excluding hydrogens is 450 g/mol. The van der Waals surface area contributed by atoms with Gasteiger partial charge in [-0.1, -0.05) is 42.5 Å². The van der Waals surface area contributed by atoms with Gasteiger partial charge in [0, 0.05) is 13.2 Å². The number of nitrogens with one attached hydrogen (secondary N) is 1. The first-order chi connectivity index (χ1) is 14.2. The number of sulfonamides is 1. The van der Waals surface area contributed by atoms with Crippen molar-refractivity contribution in [2.75, 3.05) is 25.5 Å². The summed E-state index contributed by atoms with van der Waals surface area (Å²) in [6.45, 7) is 4.38. The molecule has 2 rings (SSSR count). The normalized spacial score (nSPS) is 11.8. The smallest absolute Gasteiger partial charge is 0.341 e. The number of phenolic OH excluding ortho intramolecular Hbond substituents is 1. The van der Waals surface area contributed by atoms with Crippen LogP contribution in [0.4, 0.5) is 5.69 Å². The number of aromatic hydroxyl groups is 1. The van der Waals surface area contributed by atoms with E-state index in [4.69, 9.17) is 16.3 Å². The van der Waals surface area contributed by atoms with E-state index in [0.29, 0.717) is 17.1 Å². The summed E-state index contributed by atoms with van der Waals surface area (Å²) in [5.74, 6) is -1.15. The summed E-state index contributed by atoms with van der Waals surface area (Å²) >= 11 is 7.16. The maximum Gasteiger partial charge on any atom is 0.341 e. The molecule has 0 aliphatic carbocycles. The summed E-state index contributed by atoms with van der Waals surface area (Å²) in [6.07, 6.45) is 7.03. The topological polar surface area (TPSA) is 102 Å². The Labute approximate surface area is 184 Å². The fourth-order valence-electron chi connectivity index (χ4n) is 2.26. The number of methoxy groups -OCH3 is 2. The van der Waals surface area contributed by atoms with Crippen molar-refractivity contribution in [3.8, 4) is 5.75 Å². The van der Waals surface area contributed by atoms with Crippen LogP contribution in [0, 0.1) is 0 Å². The highest BCUT2D eigenvalue weighted by atomic mass is 35.5. The number of anilines is 1. The molecular formula is C20H20ClNO6S2. The summed E-state index contributed by atoms with van der Waals surface area (Å²) in [4.78, 5) is 12.0. The Morgan fingerprint density at radius 1 is 1.30 bits per heavy atom. The first-order valence-corrected chi connectivity index (χ1v) is 11.1. The van der Waals surface area contributed by atoms with E-state index in [1.807, 2.05) is 0 Å². The molecule has 1 aromatic carbocycles. The zero-order valence-electron chi connectivity index (χ0n) is 16.2. The van der Waals surface area contributed by atoms with Crippen molar-refractivity contribution < 1.29 is 27.8 Å². The monoisotopic (exact) mass is 469 g/mol. The Kier molecular flexibility index (Phi) is 8.24. The summed E-state index contributed by atoms with van der Waals surface area (Å²) in [5, 5.41) is 10.2. The Morgan fingerprint density at radius 3 is 2.67 bits per heavy atom. The molecule has 2 N–H and O–H groups in total. The van der Waals surface area contributed by atoms with Gasteiger partial charge in [-0.3, -0.25) is 4.72 Å². The number of phenols is 1. The van der Waals surface area contributed by atoms with E-state index >= 15 is 0 Å². The minimum absolute atomic E-state index is 0.0245. The quantitative estimate of drug-likeness (QED) is 0.415. The second-order valence-corrected chi connectivity index (χ2v) is 9.21.